The third kappa shape index (κ3) is 3.67. The molecule has 0 fully saturated rings. The van der Waals surface area contributed by atoms with Crippen LogP contribution in [0.25, 0.3) is 6.08 Å². The van der Waals surface area contributed by atoms with Gasteiger partial charge in [0.2, 0.25) is 0 Å². The van der Waals surface area contributed by atoms with E-state index in [9.17, 15) is 0 Å². The summed E-state index contributed by atoms with van der Waals surface area (Å²) in [5.74, 6) is 1.68. The van der Waals surface area contributed by atoms with Crippen LogP contribution in [0.3, 0.4) is 0 Å². The lowest BCUT2D eigenvalue weighted by Gasteiger charge is -2.04. The fourth-order valence-corrected chi connectivity index (χ4v) is 1.56. The van der Waals surface area contributed by atoms with Crippen LogP contribution in [0, 0.1) is 0 Å². The Morgan fingerprint density at radius 1 is 0.889 bits per heavy atom. The molecule has 0 aliphatic rings. The predicted octanol–water partition coefficient (Wildman–Crippen LogP) is 3.79. The maximum atomic E-state index is 5.58. The molecule has 0 atom stereocenters. The number of rotatable bonds is 5. The third-order valence-electron chi connectivity index (χ3n) is 2.52. The largest absolute Gasteiger partial charge is 0.497 e. The van der Waals surface area contributed by atoms with Gasteiger partial charge in [-0.25, -0.2) is 0 Å². The molecule has 2 heteroatoms. The van der Waals surface area contributed by atoms with Gasteiger partial charge in [0.25, 0.3) is 0 Å². The highest BCUT2D eigenvalue weighted by Gasteiger charge is 1.93. The molecule has 0 bridgehead atoms. The van der Waals surface area contributed by atoms with E-state index >= 15 is 0 Å². The van der Waals surface area contributed by atoms with Gasteiger partial charge in [-0.15, -0.1) is 0 Å². The second-order valence-corrected chi connectivity index (χ2v) is 3.80. The molecule has 18 heavy (non-hydrogen) atoms. The molecular formula is C16H16O2. The van der Waals surface area contributed by atoms with Crippen molar-refractivity contribution in [3.63, 3.8) is 0 Å². The summed E-state index contributed by atoms with van der Waals surface area (Å²) in [6, 6.07) is 17.7. The van der Waals surface area contributed by atoms with Crippen LogP contribution in [0.2, 0.25) is 0 Å². The molecule has 0 saturated carbocycles. The summed E-state index contributed by atoms with van der Waals surface area (Å²) < 4.78 is 10.7. The Hall–Kier alpha value is -2.22. The van der Waals surface area contributed by atoms with E-state index in [0.29, 0.717) is 6.61 Å². The average Bonchev–Trinajstić information content (AvgIpc) is 2.45. The molecule has 2 aromatic carbocycles. The van der Waals surface area contributed by atoms with Crippen LogP contribution in [0.4, 0.5) is 0 Å². The van der Waals surface area contributed by atoms with Gasteiger partial charge in [-0.2, -0.15) is 0 Å². The van der Waals surface area contributed by atoms with Crippen molar-refractivity contribution in [2.24, 2.45) is 0 Å². The van der Waals surface area contributed by atoms with Crippen LogP contribution < -0.4 is 9.47 Å². The number of hydrogen-bond acceptors (Lipinski definition) is 2. The molecule has 0 spiro atoms. The first-order chi connectivity index (χ1) is 8.88. The normalized spacial score (nSPS) is 10.5. The predicted molar refractivity (Wildman–Crippen MR) is 74.0 cm³/mol. The van der Waals surface area contributed by atoms with E-state index < -0.39 is 0 Å². The second kappa shape index (κ2) is 6.50. The first-order valence-electron chi connectivity index (χ1n) is 5.87. The van der Waals surface area contributed by atoms with E-state index in [-0.39, 0.29) is 0 Å². The Morgan fingerprint density at radius 2 is 1.56 bits per heavy atom. The first kappa shape index (κ1) is 12.2. The molecule has 0 N–H and O–H groups in total. The molecule has 0 aliphatic carbocycles. The zero-order chi connectivity index (χ0) is 12.6. The van der Waals surface area contributed by atoms with Gasteiger partial charge in [0.15, 0.2) is 0 Å². The van der Waals surface area contributed by atoms with Crippen molar-refractivity contribution >= 4 is 6.08 Å². The first-order valence-corrected chi connectivity index (χ1v) is 5.87. The molecule has 0 amide bonds. The fourth-order valence-electron chi connectivity index (χ4n) is 1.56. The molecule has 2 nitrogen and oxygen atoms in total. The summed E-state index contributed by atoms with van der Waals surface area (Å²) in [7, 11) is 1.65. The van der Waals surface area contributed by atoms with Gasteiger partial charge in [0.05, 0.1) is 7.11 Å². The van der Waals surface area contributed by atoms with Gasteiger partial charge in [-0.3, -0.25) is 0 Å². The standard InChI is InChI=1S/C16H16O2/c1-17-15-9-11-16(12-10-15)18-13-5-8-14-6-3-2-4-7-14/h2-12H,13H2,1H3/b8-5+. The van der Waals surface area contributed by atoms with Crippen LogP contribution in [0.1, 0.15) is 5.56 Å². The fraction of sp³-hybridized carbons (Fsp3) is 0.125. The average molecular weight is 240 g/mol. The molecule has 0 aromatic heterocycles. The van der Waals surface area contributed by atoms with E-state index in [4.69, 9.17) is 9.47 Å². The van der Waals surface area contributed by atoms with Gasteiger partial charge < -0.3 is 9.47 Å². The summed E-state index contributed by atoms with van der Waals surface area (Å²) in [6.45, 7) is 0.557. The number of ether oxygens (including phenoxy) is 2. The van der Waals surface area contributed by atoms with Crippen LogP contribution in [-0.4, -0.2) is 13.7 Å². The van der Waals surface area contributed by atoms with Crippen molar-refractivity contribution in [3.8, 4) is 11.5 Å². The molecule has 0 radical (unpaired) electrons. The van der Waals surface area contributed by atoms with E-state index in [1.807, 2.05) is 54.6 Å². The molecule has 0 heterocycles. The molecule has 0 saturated heterocycles. The second-order valence-electron chi connectivity index (χ2n) is 3.80. The van der Waals surface area contributed by atoms with Gasteiger partial charge >= 0.3 is 0 Å². The van der Waals surface area contributed by atoms with Crippen molar-refractivity contribution < 1.29 is 9.47 Å². The number of benzene rings is 2. The van der Waals surface area contributed by atoms with E-state index in [1.165, 1.54) is 5.56 Å². The van der Waals surface area contributed by atoms with Gasteiger partial charge in [-0.05, 0) is 35.9 Å². The van der Waals surface area contributed by atoms with E-state index in [0.717, 1.165) is 11.5 Å². The van der Waals surface area contributed by atoms with Crippen molar-refractivity contribution in [1.82, 2.24) is 0 Å². The van der Waals surface area contributed by atoms with Crippen LogP contribution in [-0.2, 0) is 0 Å². The zero-order valence-electron chi connectivity index (χ0n) is 10.4. The SMILES string of the molecule is COc1ccc(OC/C=C/c2ccccc2)cc1. The number of methoxy groups -OCH3 is 1. The summed E-state index contributed by atoms with van der Waals surface area (Å²) in [6.07, 6.45) is 4.04. The van der Waals surface area contributed by atoms with Crippen molar-refractivity contribution in [1.29, 1.82) is 0 Å². The minimum Gasteiger partial charge on any atom is -0.497 e. The summed E-state index contributed by atoms with van der Waals surface area (Å²) in [5.41, 5.74) is 1.18. The maximum Gasteiger partial charge on any atom is 0.120 e. The van der Waals surface area contributed by atoms with E-state index in [1.54, 1.807) is 7.11 Å². The topological polar surface area (TPSA) is 18.5 Å². The van der Waals surface area contributed by atoms with Crippen LogP contribution in [0.5, 0.6) is 11.5 Å². The highest BCUT2D eigenvalue weighted by Crippen LogP contribution is 2.16. The lowest BCUT2D eigenvalue weighted by Crippen LogP contribution is -1.93. The molecule has 92 valence electrons. The summed E-state index contributed by atoms with van der Waals surface area (Å²) in [4.78, 5) is 0. The maximum absolute atomic E-state index is 5.58. The van der Waals surface area contributed by atoms with Crippen LogP contribution in [0.15, 0.2) is 60.7 Å². The van der Waals surface area contributed by atoms with E-state index in [2.05, 4.69) is 12.1 Å². The summed E-state index contributed by atoms with van der Waals surface area (Å²) >= 11 is 0. The van der Waals surface area contributed by atoms with Crippen molar-refractivity contribution in [3.05, 3.63) is 66.2 Å². The Labute approximate surface area is 107 Å². The lowest BCUT2D eigenvalue weighted by molar-refractivity contribution is 0.361. The monoisotopic (exact) mass is 240 g/mol. The van der Waals surface area contributed by atoms with Gasteiger partial charge in [0, 0.05) is 0 Å². The van der Waals surface area contributed by atoms with Crippen molar-refractivity contribution in [2.75, 3.05) is 13.7 Å². The zero-order valence-corrected chi connectivity index (χ0v) is 10.4. The Morgan fingerprint density at radius 3 is 2.22 bits per heavy atom. The quantitative estimate of drug-likeness (QED) is 0.791. The number of hydrogen-bond donors (Lipinski definition) is 0. The Kier molecular flexibility index (Phi) is 4.42. The van der Waals surface area contributed by atoms with Crippen molar-refractivity contribution in [2.45, 2.75) is 0 Å². The minimum atomic E-state index is 0.557. The molecular weight excluding hydrogens is 224 g/mol. The molecule has 0 unspecified atom stereocenters. The Balaban J connectivity index is 1.83. The molecule has 2 aromatic rings. The smallest absolute Gasteiger partial charge is 0.120 e. The highest BCUT2D eigenvalue weighted by atomic mass is 16.5. The minimum absolute atomic E-state index is 0.557. The Bertz CT molecular complexity index is 486. The third-order valence-corrected chi connectivity index (χ3v) is 2.52. The van der Waals surface area contributed by atoms with Crippen LogP contribution >= 0.6 is 0 Å². The highest BCUT2D eigenvalue weighted by molar-refractivity contribution is 5.48. The molecule has 2 rings (SSSR count). The molecule has 0 aliphatic heterocycles. The van der Waals surface area contributed by atoms with Gasteiger partial charge in [0.1, 0.15) is 18.1 Å². The van der Waals surface area contributed by atoms with Gasteiger partial charge in [-0.1, -0.05) is 36.4 Å². The summed E-state index contributed by atoms with van der Waals surface area (Å²) in [5, 5.41) is 0. The lowest BCUT2D eigenvalue weighted by atomic mass is 10.2.